The van der Waals surface area contributed by atoms with Crippen LogP contribution in [-0.4, -0.2) is 41.9 Å². The van der Waals surface area contributed by atoms with E-state index in [4.69, 9.17) is 17.0 Å². The van der Waals surface area contributed by atoms with E-state index >= 15 is 0 Å². The first-order valence-corrected chi connectivity index (χ1v) is 8.69. The van der Waals surface area contributed by atoms with Crippen molar-refractivity contribution < 1.29 is 14.3 Å². The Bertz CT molecular complexity index is 626. The predicted octanol–water partition coefficient (Wildman–Crippen LogP) is 1.02. The number of benzene rings is 1. The molecule has 4 N–H and O–H groups in total. The molecule has 24 heavy (non-hydrogen) atoms. The van der Waals surface area contributed by atoms with Gasteiger partial charge in [0.1, 0.15) is 0 Å². The van der Waals surface area contributed by atoms with E-state index in [1.165, 1.54) is 11.8 Å². The van der Waals surface area contributed by atoms with Crippen LogP contribution in [0, 0.1) is 0 Å². The summed E-state index contributed by atoms with van der Waals surface area (Å²) in [5.74, 6) is -0.492. The van der Waals surface area contributed by atoms with E-state index in [-0.39, 0.29) is 24.3 Å². The van der Waals surface area contributed by atoms with Gasteiger partial charge in [0, 0.05) is 24.5 Å². The number of anilines is 1. The van der Waals surface area contributed by atoms with Gasteiger partial charge in [0.2, 0.25) is 11.8 Å². The van der Waals surface area contributed by atoms with Crippen molar-refractivity contribution in [3.05, 3.63) is 24.3 Å². The summed E-state index contributed by atoms with van der Waals surface area (Å²) in [5.41, 5.74) is 5.89. The van der Waals surface area contributed by atoms with E-state index in [0.717, 1.165) is 10.6 Å². The molecular formula is C15H20N4O3S2. The minimum Gasteiger partial charge on any atom is -0.383 e. The number of para-hydroxylation sites is 1. The number of ether oxygens (including phenoxy) is 1. The molecule has 0 spiro atoms. The van der Waals surface area contributed by atoms with Crippen molar-refractivity contribution in [3.63, 3.8) is 0 Å². The van der Waals surface area contributed by atoms with Crippen molar-refractivity contribution in [2.75, 3.05) is 19.0 Å². The number of hydrogen-bond donors (Lipinski definition) is 4. The lowest BCUT2D eigenvalue weighted by molar-refractivity contribution is -0.124. The molecule has 0 bridgehead atoms. The molecule has 2 amide bonds. The van der Waals surface area contributed by atoms with Crippen LogP contribution in [0.3, 0.4) is 0 Å². The van der Waals surface area contributed by atoms with E-state index in [1.54, 1.807) is 7.11 Å². The number of carbonyl (C=O) groups excluding carboxylic acids is 2. The molecule has 0 radical (unpaired) electrons. The molecule has 7 nitrogen and oxygen atoms in total. The van der Waals surface area contributed by atoms with E-state index in [9.17, 15) is 9.59 Å². The Hall–Kier alpha value is -1.84. The van der Waals surface area contributed by atoms with E-state index < -0.39 is 5.25 Å². The largest absolute Gasteiger partial charge is 0.383 e. The predicted molar refractivity (Wildman–Crippen MR) is 97.7 cm³/mol. The topological polar surface area (TPSA) is 91.5 Å². The van der Waals surface area contributed by atoms with Gasteiger partial charge >= 0.3 is 0 Å². The van der Waals surface area contributed by atoms with E-state index in [1.807, 2.05) is 31.2 Å². The van der Waals surface area contributed by atoms with Gasteiger partial charge in [-0.15, -0.1) is 11.8 Å². The molecule has 0 aliphatic carbocycles. The summed E-state index contributed by atoms with van der Waals surface area (Å²) in [6, 6.07) is 7.52. The maximum Gasteiger partial charge on any atom is 0.240 e. The Kier molecular flexibility index (Phi) is 6.83. The number of hydrogen-bond acceptors (Lipinski definition) is 5. The molecule has 1 aliphatic heterocycles. The molecule has 2 atom stereocenters. The summed E-state index contributed by atoms with van der Waals surface area (Å²) >= 11 is 6.44. The van der Waals surface area contributed by atoms with Gasteiger partial charge in [-0.3, -0.25) is 20.4 Å². The highest BCUT2D eigenvalue weighted by Gasteiger charge is 2.28. The van der Waals surface area contributed by atoms with Gasteiger partial charge in [0.25, 0.3) is 0 Å². The molecule has 1 heterocycles. The molecule has 0 aromatic heterocycles. The summed E-state index contributed by atoms with van der Waals surface area (Å²) in [7, 11) is 1.60. The molecule has 0 fully saturated rings. The van der Waals surface area contributed by atoms with Crippen molar-refractivity contribution >= 4 is 46.6 Å². The second-order valence-corrected chi connectivity index (χ2v) is 6.95. The quantitative estimate of drug-likeness (QED) is 0.456. The average Bonchev–Trinajstić information content (AvgIpc) is 2.54. The maximum absolute atomic E-state index is 12.1. The van der Waals surface area contributed by atoms with Crippen molar-refractivity contribution in [2.24, 2.45) is 0 Å². The zero-order chi connectivity index (χ0) is 17.5. The highest BCUT2D eigenvalue weighted by atomic mass is 32.2. The van der Waals surface area contributed by atoms with Gasteiger partial charge in [-0.2, -0.15) is 0 Å². The van der Waals surface area contributed by atoms with Crippen LogP contribution in [-0.2, 0) is 14.3 Å². The fourth-order valence-electron chi connectivity index (χ4n) is 2.12. The van der Waals surface area contributed by atoms with Crippen LogP contribution in [0.1, 0.15) is 13.3 Å². The third-order valence-corrected chi connectivity index (χ3v) is 4.68. The summed E-state index contributed by atoms with van der Waals surface area (Å²) in [4.78, 5) is 25.0. The number of thiocarbonyl (C=S) groups is 1. The normalized spacial score (nSPS) is 17.2. The Morgan fingerprint density at radius 1 is 1.42 bits per heavy atom. The molecule has 130 valence electrons. The number of methoxy groups -OCH3 is 1. The van der Waals surface area contributed by atoms with Crippen molar-refractivity contribution in [1.82, 2.24) is 16.2 Å². The van der Waals surface area contributed by atoms with Gasteiger partial charge in [0.05, 0.1) is 17.5 Å². The van der Waals surface area contributed by atoms with Crippen molar-refractivity contribution in [2.45, 2.75) is 29.5 Å². The molecule has 1 aromatic carbocycles. The fraction of sp³-hybridized carbons (Fsp3) is 0.400. The fourth-order valence-corrected chi connectivity index (χ4v) is 3.49. The lowest BCUT2D eigenvalue weighted by Gasteiger charge is -2.23. The Balaban J connectivity index is 1.78. The van der Waals surface area contributed by atoms with E-state index in [0.29, 0.717) is 11.7 Å². The van der Waals surface area contributed by atoms with Gasteiger partial charge < -0.3 is 15.4 Å². The number of hydrazine groups is 1. The van der Waals surface area contributed by atoms with Crippen LogP contribution in [0.15, 0.2) is 29.2 Å². The smallest absolute Gasteiger partial charge is 0.240 e. The van der Waals surface area contributed by atoms with Crippen molar-refractivity contribution in [3.8, 4) is 0 Å². The molecular weight excluding hydrogens is 348 g/mol. The Labute approximate surface area is 150 Å². The summed E-state index contributed by atoms with van der Waals surface area (Å²) < 4.78 is 4.99. The van der Waals surface area contributed by atoms with Crippen LogP contribution in [0.25, 0.3) is 0 Å². The summed E-state index contributed by atoms with van der Waals surface area (Å²) in [5, 5.41) is 5.58. The first-order chi connectivity index (χ1) is 11.5. The van der Waals surface area contributed by atoms with Crippen LogP contribution in [0.4, 0.5) is 5.69 Å². The number of nitrogens with one attached hydrogen (secondary N) is 4. The highest BCUT2D eigenvalue weighted by Crippen LogP contribution is 2.36. The first kappa shape index (κ1) is 18.5. The SMILES string of the molecule is COC[C@@H](C)NC(=S)NNC(=O)C[C@@H]1Sc2ccccc2NC1=O. The lowest BCUT2D eigenvalue weighted by atomic mass is 10.2. The minimum absolute atomic E-state index is 0.0167. The number of fused-ring (bicyclic) bond motifs is 1. The monoisotopic (exact) mass is 368 g/mol. The zero-order valence-electron chi connectivity index (χ0n) is 13.4. The van der Waals surface area contributed by atoms with Gasteiger partial charge in [-0.05, 0) is 31.3 Å². The summed E-state index contributed by atoms with van der Waals surface area (Å²) in [6.07, 6.45) is 0.0497. The zero-order valence-corrected chi connectivity index (χ0v) is 15.1. The van der Waals surface area contributed by atoms with Gasteiger partial charge in [-0.25, -0.2) is 0 Å². The van der Waals surface area contributed by atoms with Gasteiger partial charge in [0.15, 0.2) is 5.11 Å². The number of thioether (sulfide) groups is 1. The van der Waals surface area contributed by atoms with Crippen LogP contribution < -0.4 is 21.5 Å². The lowest BCUT2D eigenvalue weighted by Crippen LogP contribution is -2.50. The van der Waals surface area contributed by atoms with E-state index in [2.05, 4.69) is 21.5 Å². The molecule has 0 saturated heterocycles. The first-order valence-electron chi connectivity index (χ1n) is 7.40. The molecule has 1 aliphatic rings. The number of carbonyl (C=O) groups is 2. The number of rotatable bonds is 5. The molecule has 1 aromatic rings. The average molecular weight is 368 g/mol. The minimum atomic E-state index is -0.476. The second-order valence-electron chi connectivity index (χ2n) is 5.30. The molecule has 0 saturated carbocycles. The molecule has 9 heteroatoms. The Morgan fingerprint density at radius 2 is 2.17 bits per heavy atom. The van der Waals surface area contributed by atoms with Crippen LogP contribution in [0.2, 0.25) is 0 Å². The third kappa shape index (κ3) is 5.36. The van der Waals surface area contributed by atoms with Gasteiger partial charge in [-0.1, -0.05) is 12.1 Å². The second kappa shape index (κ2) is 8.86. The van der Waals surface area contributed by atoms with Crippen molar-refractivity contribution in [1.29, 1.82) is 0 Å². The molecule has 0 unspecified atom stereocenters. The Morgan fingerprint density at radius 3 is 2.92 bits per heavy atom. The highest BCUT2D eigenvalue weighted by molar-refractivity contribution is 8.01. The third-order valence-electron chi connectivity index (χ3n) is 3.19. The number of amides is 2. The van der Waals surface area contributed by atoms with Crippen LogP contribution in [0.5, 0.6) is 0 Å². The van der Waals surface area contributed by atoms with Crippen LogP contribution >= 0.6 is 24.0 Å². The maximum atomic E-state index is 12.1. The molecule has 2 rings (SSSR count). The standard InChI is InChI=1S/C15H20N4O3S2/c1-9(8-22-2)16-15(23)19-18-13(20)7-12-14(21)17-10-5-3-4-6-11(10)24-12/h3-6,9,12H,7-8H2,1-2H3,(H,17,21)(H,18,20)(H2,16,19,23)/t9-,12+/m1/s1. The summed E-state index contributed by atoms with van der Waals surface area (Å²) in [6.45, 7) is 2.40.